The van der Waals surface area contributed by atoms with Crippen LogP contribution in [-0.2, 0) is 14.9 Å². The highest BCUT2D eigenvalue weighted by atomic mass is 32.2. The molecule has 0 saturated heterocycles. The van der Waals surface area contributed by atoms with E-state index in [1.165, 1.54) is 0 Å². The summed E-state index contributed by atoms with van der Waals surface area (Å²) in [5.74, 6) is 0.0212. The molecule has 2 heterocycles. The van der Waals surface area contributed by atoms with Gasteiger partial charge >= 0.3 is 11.3 Å². The van der Waals surface area contributed by atoms with Gasteiger partial charge < -0.3 is 14.5 Å². The fourth-order valence-electron chi connectivity index (χ4n) is 4.42. The summed E-state index contributed by atoms with van der Waals surface area (Å²) in [5, 5.41) is 4.61. The molecule has 0 saturated carbocycles. The molecule has 35 heavy (non-hydrogen) atoms. The van der Waals surface area contributed by atoms with Gasteiger partial charge in [0.05, 0.1) is 11.0 Å². The second kappa shape index (κ2) is 11.1. The Kier molecular flexibility index (Phi) is 8.64. The molecule has 0 bridgehead atoms. The summed E-state index contributed by atoms with van der Waals surface area (Å²) in [6.07, 6.45) is 0.0911. The van der Waals surface area contributed by atoms with Gasteiger partial charge in [-0.3, -0.25) is 9.59 Å². The first-order valence-corrected chi connectivity index (χ1v) is 13.3. The molecule has 0 aromatic heterocycles. The molecule has 192 valence electrons. The predicted octanol–water partition coefficient (Wildman–Crippen LogP) is 5.10. The van der Waals surface area contributed by atoms with Crippen LogP contribution in [-0.4, -0.2) is 70.9 Å². The number of carbonyl (C=O) groups excluding carboxylic acids is 3. The van der Waals surface area contributed by atoms with E-state index in [2.05, 4.69) is 29.9 Å². The minimum atomic E-state index is -0.758. The Balaban J connectivity index is 1.89. The number of anilines is 1. The molecule has 0 aliphatic carbocycles. The minimum absolute atomic E-state index is 0.0878. The van der Waals surface area contributed by atoms with E-state index in [4.69, 9.17) is 4.74 Å². The van der Waals surface area contributed by atoms with E-state index in [1.54, 1.807) is 0 Å². The Hall–Kier alpha value is -2.39. The smallest absolute Gasteiger partial charge is 0.438 e. The van der Waals surface area contributed by atoms with Crippen LogP contribution in [0.3, 0.4) is 0 Å². The summed E-state index contributed by atoms with van der Waals surface area (Å²) in [7, 11) is 0. The molecular formula is C26H38N4O4S. The van der Waals surface area contributed by atoms with E-state index < -0.39 is 11.3 Å². The zero-order valence-electron chi connectivity index (χ0n) is 22.0. The number of ether oxygens (including phenoxy) is 1. The molecule has 1 unspecified atom stereocenters. The van der Waals surface area contributed by atoms with Gasteiger partial charge in [0, 0.05) is 24.7 Å². The molecule has 1 aromatic rings. The summed E-state index contributed by atoms with van der Waals surface area (Å²) in [4.78, 5) is 42.1. The highest BCUT2D eigenvalue weighted by Gasteiger charge is 2.37. The van der Waals surface area contributed by atoms with Gasteiger partial charge in [-0.25, -0.2) is 4.79 Å². The second-order valence-corrected chi connectivity index (χ2v) is 11.3. The van der Waals surface area contributed by atoms with Gasteiger partial charge in [0.25, 0.3) is 0 Å². The largest absolute Gasteiger partial charge is 0.446 e. The lowest BCUT2D eigenvalue weighted by atomic mass is 9.76. The molecular weight excluding hydrogens is 464 g/mol. The summed E-state index contributed by atoms with van der Waals surface area (Å²) in [5.41, 5.74) is 3.35. The summed E-state index contributed by atoms with van der Waals surface area (Å²) in [6.45, 7) is 17.4. The van der Waals surface area contributed by atoms with Crippen LogP contribution >= 0.6 is 11.8 Å². The second-order valence-electron chi connectivity index (χ2n) is 9.97. The average Bonchev–Trinajstić information content (AvgIpc) is 2.81. The fraction of sp³-hybridized carbons (Fsp3) is 0.615. The number of hydrogen-bond donors (Lipinski definition) is 0. The maximum Gasteiger partial charge on any atom is 0.438 e. The van der Waals surface area contributed by atoms with Crippen LogP contribution in [0.25, 0.3) is 0 Å². The summed E-state index contributed by atoms with van der Waals surface area (Å²) in [6, 6.07) is 5.95. The van der Waals surface area contributed by atoms with Crippen molar-refractivity contribution in [2.75, 3.05) is 37.7 Å². The number of fused-ring (bicyclic) bond motifs is 1. The maximum absolute atomic E-state index is 12.8. The lowest BCUT2D eigenvalue weighted by Gasteiger charge is -2.40. The van der Waals surface area contributed by atoms with Gasteiger partial charge in [0.1, 0.15) is 6.61 Å². The zero-order chi connectivity index (χ0) is 25.9. The molecule has 0 N–H and O–H groups in total. The number of carbonyl (C=O) groups is 3. The molecule has 1 aromatic carbocycles. The lowest BCUT2D eigenvalue weighted by Crippen LogP contribution is -2.43. The number of rotatable bonds is 7. The lowest BCUT2D eigenvalue weighted by molar-refractivity contribution is -0.121. The van der Waals surface area contributed by atoms with Crippen LogP contribution in [0.5, 0.6) is 0 Å². The number of likely N-dealkylation sites (N-methyl/N-ethyl adjacent to an activating group) is 1. The number of hydrazone groups is 1. The summed E-state index contributed by atoms with van der Waals surface area (Å²) < 4.78 is 5.35. The first kappa shape index (κ1) is 27.2. The van der Waals surface area contributed by atoms with E-state index in [0.717, 1.165) is 53.1 Å². The Morgan fingerprint density at radius 3 is 2.57 bits per heavy atom. The Labute approximate surface area is 213 Å². The molecule has 3 amide bonds. The van der Waals surface area contributed by atoms with Crippen molar-refractivity contribution in [2.24, 2.45) is 11.0 Å². The van der Waals surface area contributed by atoms with E-state index in [0.29, 0.717) is 18.8 Å². The Morgan fingerprint density at radius 1 is 1.26 bits per heavy atom. The number of amides is 3. The normalized spacial score (nSPS) is 19.6. The van der Waals surface area contributed by atoms with Crippen molar-refractivity contribution in [1.82, 2.24) is 9.91 Å². The topological polar surface area (TPSA) is 82.5 Å². The highest BCUT2D eigenvalue weighted by molar-refractivity contribution is 8.14. The van der Waals surface area contributed by atoms with Gasteiger partial charge in [-0.2, -0.15) is 5.10 Å². The van der Waals surface area contributed by atoms with Crippen molar-refractivity contribution in [1.29, 1.82) is 0 Å². The van der Waals surface area contributed by atoms with Crippen molar-refractivity contribution in [3.63, 3.8) is 0 Å². The molecule has 2 aliphatic rings. The van der Waals surface area contributed by atoms with Crippen molar-refractivity contribution in [3.8, 4) is 0 Å². The number of benzene rings is 1. The van der Waals surface area contributed by atoms with Crippen LogP contribution < -0.4 is 4.90 Å². The highest BCUT2D eigenvalue weighted by Crippen LogP contribution is 2.41. The van der Waals surface area contributed by atoms with Crippen molar-refractivity contribution in [2.45, 2.75) is 65.6 Å². The van der Waals surface area contributed by atoms with Crippen LogP contribution in [0.1, 0.15) is 66.0 Å². The van der Waals surface area contributed by atoms with Crippen LogP contribution in [0.4, 0.5) is 15.3 Å². The van der Waals surface area contributed by atoms with E-state index >= 15 is 0 Å². The SMILES string of the molecule is CCN(CC)CCOC(=O)N1N=C(c2ccc3c(c2)C(C)(C)CCN3C(=O)C(C)C)C(C)SC1=O. The van der Waals surface area contributed by atoms with Gasteiger partial charge in [0.15, 0.2) is 0 Å². The number of nitrogens with zero attached hydrogens (tertiary/aromatic N) is 4. The molecule has 0 radical (unpaired) electrons. The molecule has 2 aliphatic heterocycles. The molecule has 8 nitrogen and oxygen atoms in total. The van der Waals surface area contributed by atoms with E-state index in [1.807, 2.05) is 51.7 Å². The fourth-order valence-corrected chi connectivity index (χ4v) is 5.23. The first-order chi connectivity index (χ1) is 16.5. The third-order valence-corrected chi connectivity index (χ3v) is 7.73. The standard InChI is InChI=1S/C26H38N4O4S/c1-8-28(9-2)14-15-34-24(32)30-25(33)35-18(5)22(27-30)19-10-11-21-20(16-19)26(6,7)12-13-29(21)23(31)17(3)4/h10-11,16-18H,8-9,12-15H2,1-7H3. The van der Waals surface area contributed by atoms with E-state index in [9.17, 15) is 14.4 Å². The third-order valence-electron chi connectivity index (χ3n) is 6.78. The maximum atomic E-state index is 12.8. The Morgan fingerprint density at radius 2 is 1.94 bits per heavy atom. The summed E-state index contributed by atoms with van der Waals surface area (Å²) >= 11 is 1.06. The van der Waals surface area contributed by atoms with Gasteiger partial charge in [0.2, 0.25) is 5.91 Å². The molecule has 0 spiro atoms. The van der Waals surface area contributed by atoms with Crippen molar-refractivity contribution >= 4 is 40.4 Å². The molecule has 3 rings (SSSR count). The van der Waals surface area contributed by atoms with Crippen LogP contribution in [0, 0.1) is 5.92 Å². The number of thioether (sulfide) groups is 1. The number of hydrogen-bond acceptors (Lipinski definition) is 7. The van der Waals surface area contributed by atoms with Gasteiger partial charge in [-0.15, -0.1) is 5.01 Å². The van der Waals surface area contributed by atoms with Gasteiger partial charge in [-0.1, -0.05) is 59.4 Å². The van der Waals surface area contributed by atoms with E-state index in [-0.39, 0.29) is 29.1 Å². The predicted molar refractivity (Wildman–Crippen MR) is 141 cm³/mol. The first-order valence-electron chi connectivity index (χ1n) is 12.4. The molecule has 0 fully saturated rings. The van der Waals surface area contributed by atoms with Gasteiger partial charge in [-0.05, 0) is 55.1 Å². The van der Waals surface area contributed by atoms with Crippen molar-refractivity contribution < 1.29 is 19.1 Å². The monoisotopic (exact) mass is 502 g/mol. The zero-order valence-corrected chi connectivity index (χ0v) is 22.8. The van der Waals surface area contributed by atoms with Crippen LogP contribution in [0.2, 0.25) is 0 Å². The molecule has 9 heteroatoms. The Bertz CT molecular complexity index is 1000. The molecule has 1 atom stereocenters. The number of imide groups is 1. The minimum Gasteiger partial charge on any atom is -0.446 e. The van der Waals surface area contributed by atoms with Crippen molar-refractivity contribution in [3.05, 3.63) is 29.3 Å². The third kappa shape index (κ3) is 5.89. The van der Waals surface area contributed by atoms with Crippen LogP contribution in [0.15, 0.2) is 23.3 Å². The quantitative estimate of drug-likeness (QED) is 0.516. The average molecular weight is 503 g/mol.